The van der Waals surface area contributed by atoms with E-state index in [1.165, 1.54) is 40.9 Å². The van der Waals surface area contributed by atoms with Crippen molar-refractivity contribution in [2.75, 3.05) is 38.3 Å². The molecule has 11 nitrogen and oxygen atoms in total. The van der Waals surface area contributed by atoms with Gasteiger partial charge in [-0.15, -0.1) is 0 Å². The molecule has 208 valence electrons. The van der Waals surface area contributed by atoms with E-state index in [1.54, 1.807) is 27.7 Å². The lowest BCUT2D eigenvalue weighted by Gasteiger charge is -2.34. The molecule has 0 aliphatic carbocycles. The predicted molar refractivity (Wildman–Crippen MR) is 140 cm³/mol. The molecule has 4 N–H and O–H groups in total. The first-order valence-corrected chi connectivity index (χ1v) is 13.4. The van der Waals surface area contributed by atoms with Crippen molar-refractivity contribution >= 4 is 35.6 Å². The van der Waals surface area contributed by atoms with Gasteiger partial charge in [0.2, 0.25) is 11.8 Å². The number of nitrogens with zero attached hydrogens (tertiary/aromatic N) is 1. The van der Waals surface area contributed by atoms with Crippen molar-refractivity contribution in [3.8, 4) is 5.75 Å². The van der Waals surface area contributed by atoms with E-state index in [-0.39, 0.29) is 38.3 Å². The Hall–Kier alpha value is -2.99. The van der Waals surface area contributed by atoms with Gasteiger partial charge in [-0.1, -0.05) is 12.1 Å². The van der Waals surface area contributed by atoms with Gasteiger partial charge in [-0.3, -0.25) is 14.4 Å². The van der Waals surface area contributed by atoms with Crippen LogP contribution in [0.25, 0.3) is 0 Å². The molecule has 0 fully saturated rings. The van der Waals surface area contributed by atoms with Gasteiger partial charge in [-0.05, 0) is 63.8 Å². The topological polar surface area (TPSA) is 154 Å². The number of hydrogen-bond donors (Lipinski definition) is 4. The number of benzene rings is 1. The minimum atomic E-state index is -1.21. The molecule has 0 radical (unpaired) electrons. The van der Waals surface area contributed by atoms with Crippen LogP contribution < -0.4 is 10.6 Å². The van der Waals surface area contributed by atoms with Crippen molar-refractivity contribution in [1.82, 2.24) is 15.5 Å². The SMILES string of the molecule is CCOC(=O)CCNC(=O)C(c1ccc(O)cc1)N(CCO)C(=O)C(CCSC)NC(=O)OC(C)(C)C. The molecular formula is C25H39N3O8S. The summed E-state index contributed by atoms with van der Waals surface area (Å²) in [6, 6.07) is 3.49. The fourth-order valence-corrected chi connectivity index (χ4v) is 3.84. The Kier molecular flexibility index (Phi) is 13.8. The second kappa shape index (κ2) is 16.0. The molecule has 0 aliphatic rings. The lowest BCUT2D eigenvalue weighted by molar-refractivity contribution is -0.144. The molecule has 1 rings (SSSR count). The number of carbonyl (C=O) groups excluding carboxylic acids is 4. The highest BCUT2D eigenvalue weighted by Gasteiger charge is 2.36. The number of phenols is 1. The van der Waals surface area contributed by atoms with E-state index in [0.717, 1.165) is 0 Å². The van der Waals surface area contributed by atoms with Gasteiger partial charge in [0.1, 0.15) is 23.4 Å². The zero-order chi connectivity index (χ0) is 28.0. The number of aliphatic hydroxyl groups is 1. The number of carbonyl (C=O) groups is 4. The lowest BCUT2D eigenvalue weighted by atomic mass is 10.0. The third-order valence-corrected chi connectivity index (χ3v) is 5.57. The molecule has 2 unspecified atom stereocenters. The zero-order valence-electron chi connectivity index (χ0n) is 22.1. The van der Waals surface area contributed by atoms with Gasteiger partial charge in [0.25, 0.3) is 0 Å². The van der Waals surface area contributed by atoms with Gasteiger partial charge in [-0.2, -0.15) is 11.8 Å². The van der Waals surface area contributed by atoms with Crippen molar-refractivity contribution in [2.45, 2.75) is 58.2 Å². The number of ether oxygens (including phenoxy) is 2. The largest absolute Gasteiger partial charge is 0.508 e. The first-order valence-electron chi connectivity index (χ1n) is 12.1. The maximum atomic E-state index is 13.7. The van der Waals surface area contributed by atoms with E-state index < -0.39 is 48.2 Å². The van der Waals surface area contributed by atoms with Crippen molar-refractivity contribution in [3.63, 3.8) is 0 Å². The molecule has 2 atom stereocenters. The fourth-order valence-electron chi connectivity index (χ4n) is 3.36. The summed E-state index contributed by atoms with van der Waals surface area (Å²) < 4.78 is 10.2. The first-order chi connectivity index (χ1) is 17.4. The maximum Gasteiger partial charge on any atom is 0.408 e. The molecule has 37 heavy (non-hydrogen) atoms. The minimum absolute atomic E-state index is 0.0283. The summed E-state index contributed by atoms with van der Waals surface area (Å²) in [7, 11) is 0. The lowest BCUT2D eigenvalue weighted by Crippen LogP contribution is -2.54. The number of aromatic hydroxyl groups is 1. The second-order valence-corrected chi connectivity index (χ2v) is 10.1. The molecule has 0 saturated carbocycles. The molecular weight excluding hydrogens is 502 g/mol. The summed E-state index contributed by atoms with van der Waals surface area (Å²) in [6.45, 7) is 6.30. The number of rotatable bonds is 14. The van der Waals surface area contributed by atoms with Crippen LogP contribution >= 0.6 is 11.8 Å². The minimum Gasteiger partial charge on any atom is -0.508 e. The monoisotopic (exact) mass is 541 g/mol. The number of hydrogen-bond acceptors (Lipinski definition) is 9. The van der Waals surface area contributed by atoms with Crippen molar-refractivity contribution in [3.05, 3.63) is 29.8 Å². The average Bonchev–Trinajstić information content (AvgIpc) is 2.81. The van der Waals surface area contributed by atoms with Crippen LogP contribution in [0.3, 0.4) is 0 Å². The molecule has 0 heterocycles. The molecule has 0 bridgehead atoms. The van der Waals surface area contributed by atoms with Gasteiger partial charge in [0, 0.05) is 13.1 Å². The Morgan fingerprint density at radius 3 is 2.32 bits per heavy atom. The predicted octanol–water partition coefficient (Wildman–Crippen LogP) is 1.97. The van der Waals surface area contributed by atoms with Gasteiger partial charge in [0.15, 0.2) is 0 Å². The summed E-state index contributed by atoms with van der Waals surface area (Å²) in [5.41, 5.74) is -0.413. The molecule has 12 heteroatoms. The average molecular weight is 542 g/mol. The van der Waals surface area contributed by atoms with Crippen LogP contribution in [0.1, 0.15) is 52.1 Å². The summed E-state index contributed by atoms with van der Waals surface area (Å²) in [5.74, 6) is -1.17. The highest BCUT2D eigenvalue weighted by Crippen LogP contribution is 2.25. The summed E-state index contributed by atoms with van der Waals surface area (Å²) >= 11 is 1.48. The Labute approximate surface area is 222 Å². The summed E-state index contributed by atoms with van der Waals surface area (Å²) in [4.78, 5) is 52.4. The Morgan fingerprint density at radius 2 is 1.78 bits per heavy atom. The van der Waals surface area contributed by atoms with Crippen LogP contribution in [0.5, 0.6) is 5.75 Å². The van der Waals surface area contributed by atoms with Gasteiger partial charge < -0.3 is 35.2 Å². The van der Waals surface area contributed by atoms with Crippen molar-refractivity contribution in [2.24, 2.45) is 0 Å². The standard InChI is InChI=1S/C25H39N3O8S/c1-6-35-20(31)11-13-26-22(32)21(17-7-9-18(30)10-8-17)28(14-15-29)23(33)19(12-16-37-5)27-24(34)36-25(2,3)4/h7-10,19,21,29-30H,6,11-16H2,1-5H3,(H,26,32)(H,27,34). The Bertz CT molecular complexity index is 889. The molecule has 1 aromatic rings. The van der Waals surface area contributed by atoms with Gasteiger partial charge >= 0.3 is 12.1 Å². The number of esters is 1. The van der Waals surface area contributed by atoms with E-state index in [4.69, 9.17) is 9.47 Å². The van der Waals surface area contributed by atoms with Crippen LogP contribution in [-0.2, 0) is 23.9 Å². The number of nitrogens with one attached hydrogen (secondary N) is 2. The van der Waals surface area contributed by atoms with Gasteiger partial charge in [-0.25, -0.2) is 4.79 Å². The molecule has 0 aliphatic heterocycles. The molecule has 0 spiro atoms. The number of amides is 3. The van der Waals surface area contributed by atoms with Crippen molar-refractivity contribution in [1.29, 1.82) is 0 Å². The van der Waals surface area contributed by atoms with Crippen LogP contribution in [0.2, 0.25) is 0 Å². The number of thioether (sulfide) groups is 1. The van der Waals surface area contributed by atoms with Crippen LogP contribution in [0, 0.1) is 0 Å². The highest BCUT2D eigenvalue weighted by molar-refractivity contribution is 7.98. The highest BCUT2D eigenvalue weighted by atomic mass is 32.2. The Balaban J connectivity index is 3.29. The zero-order valence-corrected chi connectivity index (χ0v) is 22.9. The third-order valence-electron chi connectivity index (χ3n) is 4.93. The van der Waals surface area contributed by atoms with Crippen LogP contribution in [-0.4, -0.2) is 88.9 Å². The molecule has 0 aromatic heterocycles. The molecule has 3 amide bonds. The number of phenolic OH excluding ortho intramolecular Hbond substituents is 1. The van der Waals surface area contributed by atoms with E-state index in [1.807, 2.05) is 6.26 Å². The summed E-state index contributed by atoms with van der Waals surface area (Å²) in [6.07, 6.45) is 1.27. The molecule has 1 aromatic carbocycles. The third kappa shape index (κ3) is 11.7. The van der Waals surface area contributed by atoms with Crippen LogP contribution in [0.15, 0.2) is 24.3 Å². The van der Waals surface area contributed by atoms with Gasteiger partial charge in [0.05, 0.1) is 19.6 Å². The van der Waals surface area contributed by atoms with E-state index in [0.29, 0.717) is 11.3 Å². The first kappa shape index (κ1) is 32.0. The van der Waals surface area contributed by atoms with Crippen molar-refractivity contribution < 1.29 is 38.9 Å². The number of alkyl carbamates (subject to hydrolysis) is 1. The van der Waals surface area contributed by atoms with E-state index in [2.05, 4.69) is 10.6 Å². The normalized spacial score (nSPS) is 12.7. The maximum absolute atomic E-state index is 13.7. The summed E-state index contributed by atoms with van der Waals surface area (Å²) in [5, 5.41) is 24.7. The van der Waals surface area contributed by atoms with E-state index in [9.17, 15) is 29.4 Å². The number of aliphatic hydroxyl groups excluding tert-OH is 1. The fraction of sp³-hybridized carbons (Fsp3) is 0.600. The second-order valence-electron chi connectivity index (χ2n) is 9.08. The van der Waals surface area contributed by atoms with Crippen LogP contribution in [0.4, 0.5) is 4.79 Å². The molecule has 0 saturated heterocycles. The Morgan fingerprint density at radius 1 is 1.14 bits per heavy atom. The van der Waals surface area contributed by atoms with E-state index >= 15 is 0 Å². The smallest absolute Gasteiger partial charge is 0.408 e. The quantitative estimate of drug-likeness (QED) is 0.259.